The van der Waals surface area contributed by atoms with Crippen LogP contribution in [0.1, 0.15) is 32.1 Å². The fraction of sp³-hybridized carbons (Fsp3) is 0.900. The highest BCUT2D eigenvalue weighted by atomic mass is 16.1. The molecule has 0 amide bonds. The lowest BCUT2D eigenvalue weighted by Gasteiger charge is -2.27. The van der Waals surface area contributed by atoms with Gasteiger partial charge in [0, 0.05) is 12.3 Å². The van der Waals surface area contributed by atoms with Crippen molar-refractivity contribution < 1.29 is 4.79 Å². The molecule has 0 aliphatic heterocycles. The van der Waals surface area contributed by atoms with Crippen molar-refractivity contribution >= 4 is 5.78 Å². The van der Waals surface area contributed by atoms with E-state index in [9.17, 15) is 4.79 Å². The highest BCUT2D eigenvalue weighted by Crippen LogP contribution is 2.54. The van der Waals surface area contributed by atoms with E-state index in [0.717, 1.165) is 24.2 Å². The molecular formula is C10H14O. The Morgan fingerprint density at radius 1 is 1.00 bits per heavy atom. The lowest BCUT2D eigenvalue weighted by molar-refractivity contribution is -0.125. The monoisotopic (exact) mass is 150 g/mol. The molecule has 3 fully saturated rings. The van der Waals surface area contributed by atoms with Gasteiger partial charge in [-0.1, -0.05) is 0 Å². The minimum atomic E-state index is 0.513. The van der Waals surface area contributed by atoms with E-state index in [1.54, 1.807) is 0 Å². The van der Waals surface area contributed by atoms with Crippen LogP contribution in [-0.4, -0.2) is 5.78 Å². The first kappa shape index (κ1) is 6.22. The van der Waals surface area contributed by atoms with Crippen molar-refractivity contribution in [1.29, 1.82) is 0 Å². The summed E-state index contributed by atoms with van der Waals surface area (Å²) < 4.78 is 0. The number of rotatable bonds is 0. The van der Waals surface area contributed by atoms with Crippen molar-refractivity contribution in [1.82, 2.24) is 0 Å². The van der Waals surface area contributed by atoms with E-state index >= 15 is 0 Å². The van der Waals surface area contributed by atoms with Crippen LogP contribution in [0, 0.1) is 23.7 Å². The summed E-state index contributed by atoms with van der Waals surface area (Å²) in [6.45, 7) is 0. The van der Waals surface area contributed by atoms with Gasteiger partial charge in [-0.2, -0.15) is 0 Å². The van der Waals surface area contributed by atoms with Gasteiger partial charge >= 0.3 is 0 Å². The molecular weight excluding hydrogens is 136 g/mol. The van der Waals surface area contributed by atoms with Crippen molar-refractivity contribution in [2.24, 2.45) is 23.7 Å². The maximum atomic E-state index is 11.5. The Balaban J connectivity index is 2.02. The Hall–Kier alpha value is -0.330. The molecule has 3 aliphatic carbocycles. The van der Waals surface area contributed by atoms with Crippen LogP contribution in [0.15, 0.2) is 0 Å². The third-order valence-corrected chi connectivity index (χ3v) is 4.18. The molecule has 60 valence electrons. The Morgan fingerprint density at radius 2 is 1.82 bits per heavy atom. The SMILES string of the molecule is O=C1CC2CCC3CC2CC13. The van der Waals surface area contributed by atoms with Crippen LogP contribution in [0.5, 0.6) is 0 Å². The van der Waals surface area contributed by atoms with Gasteiger partial charge in [-0.3, -0.25) is 4.79 Å². The van der Waals surface area contributed by atoms with Gasteiger partial charge < -0.3 is 0 Å². The fourth-order valence-corrected chi connectivity index (χ4v) is 3.61. The van der Waals surface area contributed by atoms with Gasteiger partial charge in [0.1, 0.15) is 5.78 Å². The summed E-state index contributed by atoms with van der Waals surface area (Å²) in [5.74, 6) is 3.69. The van der Waals surface area contributed by atoms with Crippen LogP contribution < -0.4 is 0 Å². The summed E-state index contributed by atoms with van der Waals surface area (Å²) in [7, 11) is 0. The van der Waals surface area contributed by atoms with Crippen LogP contribution in [0.3, 0.4) is 0 Å². The summed E-state index contributed by atoms with van der Waals surface area (Å²) in [5.41, 5.74) is 0. The van der Waals surface area contributed by atoms with Crippen LogP contribution in [0.4, 0.5) is 0 Å². The molecule has 0 saturated heterocycles. The molecule has 0 spiro atoms. The number of Topliss-reactive ketones (excluding diaryl/α,β-unsaturated/α-hetero) is 1. The Labute approximate surface area is 67.2 Å². The summed E-state index contributed by atoms with van der Waals surface area (Å²) >= 11 is 0. The van der Waals surface area contributed by atoms with Gasteiger partial charge in [0.25, 0.3) is 0 Å². The quantitative estimate of drug-likeness (QED) is 0.516. The molecule has 3 aliphatic rings. The highest BCUT2D eigenvalue weighted by Gasteiger charge is 2.49. The van der Waals surface area contributed by atoms with Crippen molar-refractivity contribution in [3.63, 3.8) is 0 Å². The van der Waals surface area contributed by atoms with Crippen molar-refractivity contribution in [3.05, 3.63) is 0 Å². The molecule has 4 unspecified atom stereocenters. The van der Waals surface area contributed by atoms with Gasteiger partial charge in [-0.05, 0) is 43.4 Å². The molecule has 0 aromatic rings. The average Bonchev–Trinajstić information content (AvgIpc) is 2.22. The predicted octanol–water partition coefficient (Wildman–Crippen LogP) is 2.01. The first-order chi connectivity index (χ1) is 5.34. The lowest BCUT2D eigenvalue weighted by Crippen LogP contribution is -2.23. The van der Waals surface area contributed by atoms with E-state index in [1.165, 1.54) is 25.7 Å². The zero-order valence-electron chi connectivity index (χ0n) is 6.75. The summed E-state index contributed by atoms with van der Waals surface area (Å²) in [4.78, 5) is 11.5. The summed E-state index contributed by atoms with van der Waals surface area (Å²) in [6.07, 6.45) is 6.30. The maximum absolute atomic E-state index is 11.5. The zero-order chi connectivity index (χ0) is 7.42. The largest absolute Gasteiger partial charge is 0.299 e. The van der Waals surface area contributed by atoms with Gasteiger partial charge in [0.05, 0.1) is 0 Å². The van der Waals surface area contributed by atoms with E-state index < -0.39 is 0 Å². The number of fused-ring (bicyclic) bond motifs is 3. The normalized spacial score (nSPS) is 53.6. The molecule has 3 rings (SSSR count). The molecule has 0 radical (unpaired) electrons. The zero-order valence-corrected chi connectivity index (χ0v) is 6.75. The Morgan fingerprint density at radius 3 is 2.73 bits per heavy atom. The second-order valence-corrected chi connectivity index (χ2v) is 4.61. The smallest absolute Gasteiger partial charge is 0.136 e. The second kappa shape index (κ2) is 1.88. The number of hydrogen-bond acceptors (Lipinski definition) is 1. The van der Waals surface area contributed by atoms with Crippen molar-refractivity contribution in [2.75, 3.05) is 0 Å². The first-order valence-corrected chi connectivity index (χ1v) is 4.87. The fourth-order valence-electron chi connectivity index (χ4n) is 3.61. The first-order valence-electron chi connectivity index (χ1n) is 4.87. The van der Waals surface area contributed by atoms with Crippen LogP contribution in [-0.2, 0) is 4.79 Å². The van der Waals surface area contributed by atoms with E-state index in [1.807, 2.05) is 0 Å². The van der Waals surface area contributed by atoms with E-state index in [4.69, 9.17) is 0 Å². The topological polar surface area (TPSA) is 17.1 Å². The van der Waals surface area contributed by atoms with E-state index in [-0.39, 0.29) is 0 Å². The number of carbonyl (C=O) groups excluding carboxylic acids is 1. The van der Waals surface area contributed by atoms with Crippen molar-refractivity contribution in [2.45, 2.75) is 32.1 Å². The van der Waals surface area contributed by atoms with Crippen molar-refractivity contribution in [3.8, 4) is 0 Å². The number of hydrogen-bond donors (Lipinski definition) is 0. The molecule has 0 N–H and O–H groups in total. The number of carbonyl (C=O) groups is 1. The van der Waals surface area contributed by atoms with E-state index in [0.29, 0.717) is 11.7 Å². The molecule has 11 heavy (non-hydrogen) atoms. The standard InChI is InChI=1S/C10H14O/c11-10-5-6-1-2-7-3-8(6)4-9(7)10/h6-9H,1-5H2. The molecule has 3 bridgehead atoms. The molecule has 0 aromatic heterocycles. The van der Waals surface area contributed by atoms with Gasteiger partial charge in [0.15, 0.2) is 0 Å². The molecule has 0 aromatic carbocycles. The molecule has 1 nitrogen and oxygen atoms in total. The van der Waals surface area contributed by atoms with Gasteiger partial charge in [-0.25, -0.2) is 0 Å². The third kappa shape index (κ3) is 0.692. The predicted molar refractivity (Wildman–Crippen MR) is 42.1 cm³/mol. The third-order valence-electron chi connectivity index (χ3n) is 4.18. The van der Waals surface area contributed by atoms with Gasteiger partial charge in [-0.15, -0.1) is 0 Å². The minimum absolute atomic E-state index is 0.513. The minimum Gasteiger partial charge on any atom is -0.299 e. The molecule has 4 atom stereocenters. The Kier molecular flexibility index (Phi) is 1.06. The maximum Gasteiger partial charge on any atom is 0.136 e. The van der Waals surface area contributed by atoms with Crippen LogP contribution >= 0.6 is 0 Å². The number of ketones is 1. The summed E-state index contributed by atoms with van der Waals surface area (Å²) in [6, 6.07) is 0. The Bertz CT molecular complexity index is 207. The summed E-state index contributed by atoms with van der Waals surface area (Å²) in [5, 5.41) is 0. The van der Waals surface area contributed by atoms with Gasteiger partial charge in [0.2, 0.25) is 0 Å². The molecule has 3 saturated carbocycles. The average molecular weight is 150 g/mol. The second-order valence-electron chi connectivity index (χ2n) is 4.61. The highest BCUT2D eigenvalue weighted by molar-refractivity contribution is 5.83. The van der Waals surface area contributed by atoms with E-state index in [2.05, 4.69) is 0 Å². The van der Waals surface area contributed by atoms with Crippen LogP contribution in [0.25, 0.3) is 0 Å². The molecule has 1 heteroatoms. The lowest BCUT2D eigenvalue weighted by atomic mass is 9.78. The van der Waals surface area contributed by atoms with Crippen LogP contribution in [0.2, 0.25) is 0 Å². The molecule has 0 heterocycles.